The van der Waals surface area contributed by atoms with Gasteiger partial charge in [-0.2, -0.15) is 0 Å². The van der Waals surface area contributed by atoms with Gasteiger partial charge < -0.3 is 14.4 Å². The van der Waals surface area contributed by atoms with Gasteiger partial charge in [-0.05, 0) is 74.4 Å². The predicted octanol–water partition coefficient (Wildman–Crippen LogP) is 4.19. The van der Waals surface area contributed by atoms with Crippen molar-refractivity contribution >= 4 is 34.7 Å². The molecule has 5 nitrogen and oxygen atoms in total. The van der Waals surface area contributed by atoms with Gasteiger partial charge in [0.05, 0.1) is 12.5 Å². The summed E-state index contributed by atoms with van der Waals surface area (Å²) in [5, 5.41) is 0. The van der Waals surface area contributed by atoms with E-state index in [-0.39, 0.29) is 23.9 Å². The molecule has 138 valence electrons. The van der Waals surface area contributed by atoms with E-state index in [4.69, 9.17) is 9.47 Å². The second-order valence-corrected chi connectivity index (χ2v) is 8.48. The van der Waals surface area contributed by atoms with Crippen LogP contribution in [0, 0.1) is 9.49 Å². The fraction of sp³-hybridized carbons (Fsp3) is 0.579. The normalized spacial score (nSPS) is 20.9. The molecule has 0 bridgehead atoms. The number of likely N-dealkylation sites (tertiary alicyclic amines) is 1. The number of benzene rings is 1. The van der Waals surface area contributed by atoms with E-state index in [0.717, 1.165) is 9.13 Å². The van der Waals surface area contributed by atoms with E-state index >= 15 is 0 Å². The highest BCUT2D eigenvalue weighted by Crippen LogP contribution is 2.34. The molecule has 0 N–H and O–H groups in total. The molecule has 1 saturated heterocycles. The first kappa shape index (κ1) is 20.0. The minimum atomic E-state index is -0.535. The number of piperidine rings is 1. The Bertz CT molecular complexity index is 626. The van der Waals surface area contributed by atoms with Crippen LogP contribution in [0.1, 0.15) is 45.6 Å². The molecule has 1 aliphatic heterocycles. The van der Waals surface area contributed by atoms with E-state index < -0.39 is 5.60 Å². The van der Waals surface area contributed by atoms with Gasteiger partial charge in [0.15, 0.2) is 0 Å². The maximum Gasteiger partial charge on any atom is 0.410 e. The van der Waals surface area contributed by atoms with Crippen LogP contribution in [0.15, 0.2) is 24.3 Å². The number of esters is 1. The van der Waals surface area contributed by atoms with Crippen LogP contribution < -0.4 is 0 Å². The van der Waals surface area contributed by atoms with Crippen molar-refractivity contribution in [2.24, 2.45) is 5.92 Å². The van der Waals surface area contributed by atoms with Crippen LogP contribution in [-0.2, 0) is 14.3 Å². The summed E-state index contributed by atoms with van der Waals surface area (Å²) in [7, 11) is 0. The topological polar surface area (TPSA) is 55.8 Å². The fourth-order valence-electron chi connectivity index (χ4n) is 3.05. The Kier molecular flexibility index (Phi) is 6.71. The Morgan fingerprint density at radius 2 is 2.04 bits per heavy atom. The molecule has 2 rings (SSSR count). The Morgan fingerprint density at radius 3 is 2.64 bits per heavy atom. The second-order valence-electron chi connectivity index (χ2n) is 7.24. The molecule has 0 aromatic heterocycles. The number of carbonyl (C=O) groups is 2. The largest absolute Gasteiger partial charge is 0.466 e. The lowest BCUT2D eigenvalue weighted by molar-refractivity contribution is -0.150. The maximum absolute atomic E-state index is 12.4. The molecule has 1 aliphatic rings. The van der Waals surface area contributed by atoms with Crippen LogP contribution in [0.5, 0.6) is 0 Å². The number of amides is 1. The smallest absolute Gasteiger partial charge is 0.410 e. The van der Waals surface area contributed by atoms with Crippen molar-refractivity contribution in [1.29, 1.82) is 0 Å². The number of halogens is 1. The van der Waals surface area contributed by atoms with E-state index in [2.05, 4.69) is 28.7 Å². The van der Waals surface area contributed by atoms with Crippen LogP contribution in [-0.4, -0.2) is 42.3 Å². The van der Waals surface area contributed by atoms with Crippen molar-refractivity contribution in [1.82, 2.24) is 4.90 Å². The van der Waals surface area contributed by atoms with Crippen LogP contribution in [0.4, 0.5) is 4.79 Å². The lowest BCUT2D eigenvalue weighted by Gasteiger charge is -2.38. The standard InChI is InChI=1S/C19H26INO4/c1-5-24-17(22)15-9-10-21(18(23)25-19(2,3)4)12-16(15)13-7-6-8-14(20)11-13/h6-8,11,15-16H,5,9-10,12H2,1-4H3/t15-,16+/m1/s1. The van der Waals surface area contributed by atoms with Crippen molar-refractivity contribution in [3.05, 3.63) is 33.4 Å². The lowest BCUT2D eigenvalue weighted by Crippen LogP contribution is -2.47. The lowest BCUT2D eigenvalue weighted by atomic mass is 9.81. The molecule has 0 spiro atoms. The molecule has 0 aliphatic carbocycles. The van der Waals surface area contributed by atoms with Gasteiger partial charge in [-0.3, -0.25) is 4.79 Å². The van der Waals surface area contributed by atoms with E-state index in [1.807, 2.05) is 45.9 Å². The third-order valence-corrected chi connectivity index (χ3v) is 4.80. The summed E-state index contributed by atoms with van der Waals surface area (Å²) in [4.78, 5) is 26.6. The van der Waals surface area contributed by atoms with Gasteiger partial charge in [0.2, 0.25) is 0 Å². The van der Waals surface area contributed by atoms with E-state index in [9.17, 15) is 9.59 Å². The molecule has 0 saturated carbocycles. The van der Waals surface area contributed by atoms with Gasteiger partial charge in [-0.25, -0.2) is 4.79 Å². The molecular formula is C19H26INO4. The molecule has 6 heteroatoms. The van der Waals surface area contributed by atoms with Gasteiger partial charge in [-0.15, -0.1) is 0 Å². The summed E-state index contributed by atoms with van der Waals surface area (Å²) < 4.78 is 11.9. The molecule has 0 radical (unpaired) electrons. The number of nitrogens with zero attached hydrogens (tertiary/aromatic N) is 1. The molecule has 0 unspecified atom stereocenters. The van der Waals surface area contributed by atoms with Gasteiger partial charge in [0.1, 0.15) is 5.60 Å². The van der Waals surface area contributed by atoms with E-state index in [0.29, 0.717) is 26.1 Å². The summed E-state index contributed by atoms with van der Waals surface area (Å²) in [5.41, 5.74) is 0.519. The zero-order chi connectivity index (χ0) is 18.6. The summed E-state index contributed by atoms with van der Waals surface area (Å²) >= 11 is 2.26. The molecule has 1 aromatic carbocycles. The van der Waals surface area contributed by atoms with Crippen LogP contribution >= 0.6 is 22.6 Å². The highest BCUT2D eigenvalue weighted by Gasteiger charge is 2.38. The van der Waals surface area contributed by atoms with E-state index in [1.54, 1.807) is 4.90 Å². The molecule has 1 aromatic rings. The summed E-state index contributed by atoms with van der Waals surface area (Å²) in [6.45, 7) is 8.70. The van der Waals surface area contributed by atoms with Gasteiger partial charge in [0, 0.05) is 22.6 Å². The highest BCUT2D eigenvalue weighted by atomic mass is 127. The first-order valence-electron chi connectivity index (χ1n) is 8.61. The number of hydrogen-bond acceptors (Lipinski definition) is 4. The highest BCUT2D eigenvalue weighted by molar-refractivity contribution is 14.1. The van der Waals surface area contributed by atoms with Crippen molar-refractivity contribution in [3.63, 3.8) is 0 Å². The Hall–Kier alpha value is -1.31. The summed E-state index contributed by atoms with van der Waals surface area (Å²) in [6.07, 6.45) is 0.249. The quantitative estimate of drug-likeness (QED) is 0.503. The average molecular weight is 459 g/mol. The van der Waals surface area contributed by atoms with Crippen molar-refractivity contribution < 1.29 is 19.1 Å². The minimum absolute atomic E-state index is 0.0879. The Morgan fingerprint density at radius 1 is 1.32 bits per heavy atom. The third-order valence-electron chi connectivity index (χ3n) is 4.13. The number of hydrogen-bond donors (Lipinski definition) is 0. The summed E-state index contributed by atoms with van der Waals surface area (Å²) in [6, 6.07) is 8.07. The Labute approximate surface area is 163 Å². The number of ether oxygens (including phenoxy) is 2. The van der Waals surface area contributed by atoms with Gasteiger partial charge >= 0.3 is 12.1 Å². The zero-order valence-electron chi connectivity index (χ0n) is 15.3. The minimum Gasteiger partial charge on any atom is -0.466 e. The van der Waals surface area contributed by atoms with Crippen LogP contribution in [0.25, 0.3) is 0 Å². The predicted molar refractivity (Wildman–Crippen MR) is 104 cm³/mol. The first-order chi connectivity index (χ1) is 11.7. The molecule has 25 heavy (non-hydrogen) atoms. The SMILES string of the molecule is CCOC(=O)[C@@H]1CCN(C(=O)OC(C)(C)C)C[C@H]1c1cccc(I)c1. The fourth-order valence-corrected chi connectivity index (χ4v) is 3.62. The second kappa shape index (κ2) is 8.38. The summed E-state index contributed by atoms with van der Waals surface area (Å²) in [5.74, 6) is -0.512. The third kappa shape index (κ3) is 5.59. The van der Waals surface area contributed by atoms with Crippen LogP contribution in [0.3, 0.4) is 0 Å². The number of carbonyl (C=O) groups excluding carboxylic acids is 2. The Balaban J connectivity index is 2.23. The zero-order valence-corrected chi connectivity index (χ0v) is 17.4. The van der Waals surface area contributed by atoms with Crippen molar-refractivity contribution in [2.45, 2.75) is 45.6 Å². The van der Waals surface area contributed by atoms with E-state index in [1.165, 1.54) is 0 Å². The molecular weight excluding hydrogens is 433 g/mol. The monoisotopic (exact) mass is 459 g/mol. The number of rotatable bonds is 3. The average Bonchev–Trinajstić information content (AvgIpc) is 2.53. The molecule has 1 heterocycles. The van der Waals surface area contributed by atoms with Gasteiger partial charge in [-0.1, -0.05) is 12.1 Å². The van der Waals surface area contributed by atoms with Gasteiger partial charge in [0.25, 0.3) is 0 Å². The molecule has 2 atom stereocenters. The maximum atomic E-state index is 12.4. The van der Waals surface area contributed by atoms with Crippen molar-refractivity contribution in [3.8, 4) is 0 Å². The first-order valence-corrected chi connectivity index (χ1v) is 9.69. The molecule has 1 amide bonds. The van der Waals surface area contributed by atoms with Crippen LogP contribution in [0.2, 0.25) is 0 Å². The molecule has 1 fully saturated rings. The van der Waals surface area contributed by atoms with Crippen molar-refractivity contribution in [2.75, 3.05) is 19.7 Å².